The molecule has 4 atom stereocenters. The number of carbonyl (C=O) groups is 2. The molecule has 2 amide bonds. The number of benzene rings is 1. The van der Waals surface area contributed by atoms with Crippen molar-refractivity contribution in [3.63, 3.8) is 0 Å². The number of rotatable bonds is 7. The molecule has 178 valence electrons. The number of likely N-dealkylation sites (N-methyl/N-ethyl adjacent to an activating group) is 1. The van der Waals surface area contributed by atoms with E-state index in [1.165, 1.54) is 26.2 Å². The van der Waals surface area contributed by atoms with E-state index in [1.807, 2.05) is 30.3 Å². The highest BCUT2D eigenvalue weighted by molar-refractivity contribution is 5.76. The largest absolute Gasteiger partial charge is 0.390 e. The standard InChI is InChI=1S/C25H39N3O4/c1-19(29)26-18-25(20-9-5-3-6-10-20)13-11-22(30)24(32)21(17-25)27(2)23(31)12-16-28-14-7-4-8-15-28/h3,5-6,9-10,21-22,24,30,32H,4,7-8,11-18H2,1-2H3,(H,26,29)/t21-,22-,24+,25+/m0/s1. The van der Waals surface area contributed by atoms with Crippen LogP contribution in [0.2, 0.25) is 0 Å². The molecule has 32 heavy (non-hydrogen) atoms. The molecule has 2 aliphatic rings. The Hall–Kier alpha value is -1.96. The molecule has 0 spiro atoms. The maximum absolute atomic E-state index is 13.1. The number of likely N-dealkylation sites (tertiary alicyclic amines) is 1. The lowest BCUT2D eigenvalue weighted by Crippen LogP contribution is -2.52. The van der Waals surface area contributed by atoms with Crippen molar-refractivity contribution in [1.29, 1.82) is 0 Å². The molecule has 7 nitrogen and oxygen atoms in total. The summed E-state index contributed by atoms with van der Waals surface area (Å²) in [6.45, 7) is 4.69. The van der Waals surface area contributed by atoms with Gasteiger partial charge in [0.05, 0.1) is 12.1 Å². The van der Waals surface area contributed by atoms with Gasteiger partial charge in [0.25, 0.3) is 0 Å². The van der Waals surface area contributed by atoms with Gasteiger partial charge in [0.2, 0.25) is 11.8 Å². The first-order chi connectivity index (χ1) is 15.3. The molecular formula is C25H39N3O4. The number of amides is 2. The van der Waals surface area contributed by atoms with Crippen molar-refractivity contribution in [2.75, 3.05) is 33.2 Å². The van der Waals surface area contributed by atoms with Gasteiger partial charge in [-0.2, -0.15) is 0 Å². The van der Waals surface area contributed by atoms with Gasteiger partial charge < -0.3 is 25.3 Å². The lowest BCUT2D eigenvalue weighted by atomic mass is 9.73. The zero-order valence-corrected chi connectivity index (χ0v) is 19.5. The summed E-state index contributed by atoms with van der Waals surface area (Å²) < 4.78 is 0. The number of aliphatic hydroxyl groups is 2. The number of piperidine rings is 1. The Morgan fingerprint density at radius 1 is 1.16 bits per heavy atom. The van der Waals surface area contributed by atoms with E-state index in [-0.39, 0.29) is 11.8 Å². The Balaban J connectivity index is 1.80. The molecular weight excluding hydrogens is 406 g/mol. The Kier molecular flexibility index (Phi) is 8.68. The van der Waals surface area contributed by atoms with Crippen molar-refractivity contribution in [3.05, 3.63) is 35.9 Å². The van der Waals surface area contributed by atoms with E-state index < -0.39 is 23.7 Å². The summed E-state index contributed by atoms with van der Waals surface area (Å²) in [5.41, 5.74) is 0.575. The molecule has 2 fully saturated rings. The summed E-state index contributed by atoms with van der Waals surface area (Å²) in [4.78, 5) is 28.8. The average Bonchev–Trinajstić information content (AvgIpc) is 2.94. The molecule has 0 unspecified atom stereocenters. The molecule has 0 radical (unpaired) electrons. The van der Waals surface area contributed by atoms with Crippen LogP contribution in [-0.4, -0.2) is 83.3 Å². The Morgan fingerprint density at radius 3 is 2.50 bits per heavy atom. The summed E-state index contributed by atoms with van der Waals surface area (Å²) in [6, 6.07) is 9.40. The van der Waals surface area contributed by atoms with Gasteiger partial charge >= 0.3 is 0 Å². The van der Waals surface area contributed by atoms with Crippen molar-refractivity contribution in [1.82, 2.24) is 15.1 Å². The highest BCUT2D eigenvalue weighted by Crippen LogP contribution is 2.39. The average molecular weight is 446 g/mol. The summed E-state index contributed by atoms with van der Waals surface area (Å²) in [6.07, 6.45) is 3.57. The lowest BCUT2D eigenvalue weighted by Gasteiger charge is -2.40. The maximum Gasteiger partial charge on any atom is 0.223 e. The molecule has 1 aromatic carbocycles. The van der Waals surface area contributed by atoms with Gasteiger partial charge in [-0.05, 0) is 50.8 Å². The zero-order chi connectivity index (χ0) is 23.1. The molecule has 3 N–H and O–H groups in total. The van der Waals surface area contributed by atoms with Crippen LogP contribution in [0, 0.1) is 0 Å². The van der Waals surface area contributed by atoms with Crippen LogP contribution in [0.3, 0.4) is 0 Å². The van der Waals surface area contributed by atoms with Crippen LogP contribution in [0.5, 0.6) is 0 Å². The molecule has 1 saturated carbocycles. The molecule has 3 rings (SSSR count). The van der Waals surface area contributed by atoms with Crippen molar-refractivity contribution < 1.29 is 19.8 Å². The second kappa shape index (κ2) is 11.3. The van der Waals surface area contributed by atoms with Gasteiger partial charge in [0.1, 0.15) is 6.10 Å². The Labute approximate surface area is 191 Å². The fourth-order valence-corrected chi connectivity index (χ4v) is 5.25. The molecule has 1 aromatic rings. The number of aliphatic hydroxyl groups excluding tert-OH is 2. The highest BCUT2D eigenvalue weighted by atomic mass is 16.3. The van der Waals surface area contributed by atoms with Gasteiger partial charge in [0, 0.05) is 38.9 Å². The molecule has 1 aliphatic heterocycles. The normalized spacial score (nSPS) is 29.2. The topological polar surface area (TPSA) is 93.1 Å². The number of hydrogen-bond acceptors (Lipinski definition) is 5. The van der Waals surface area contributed by atoms with Crippen molar-refractivity contribution in [2.45, 2.75) is 75.5 Å². The lowest BCUT2D eigenvalue weighted by molar-refractivity contribution is -0.137. The van der Waals surface area contributed by atoms with E-state index >= 15 is 0 Å². The monoisotopic (exact) mass is 445 g/mol. The van der Waals surface area contributed by atoms with E-state index in [1.54, 1.807) is 11.9 Å². The van der Waals surface area contributed by atoms with Crippen LogP contribution >= 0.6 is 0 Å². The highest BCUT2D eigenvalue weighted by Gasteiger charge is 2.44. The second-order valence-corrected chi connectivity index (χ2v) is 9.58. The minimum atomic E-state index is -1.03. The van der Waals surface area contributed by atoms with Crippen LogP contribution < -0.4 is 5.32 Å². The molecule has 0 bridgehead atoms. The van der Waals surface area contributed by atoms with Gasteiger partial charge in [-0.15, -0.1) is 0 Å². The van der Waals surface area contributed by atoms with Crippen molar-refractivity contribution in [2.24, 2.45) is 0 Å². The van der Waals surface area contributed by atoms with E-state index in [0.717, 1.165) is 25.2 Å². The van der Waals surface area contributed by atoms with Gasteiger partial charge in [-0.3, -0.25) is 9.59 Å². The number of nitrogens with one attached hydrogen (secondary N) is 1. The molecule has 1 aliphatic carbocycles. The van der Waals surface area contributed by atoms with Gasteiger partial charge in [-0.1, -0.05) is 36.8 Å². The van der Waals surface area contributed by atoms with Crippen molar-refractivity contribution >= 4 is 11.8 Å². The van der Waals surface area contributed by atoms with E-state index in [0.29, 0.717) is 32.2 Å². The second-order valence-electron chi connectivity index (χ2n) is 9.58. The third-order valence-corrected chi connectivity index (χ3v) is 7.35. The fraction of sp³-hybridized carbons (Fsp3) is 0.680. The third-order valence-electron chi connectivity index (χ3n) is 7.35. The minimum absolute atomic E-state index is 0.0183. The Bertz CT molecular complexity index is 753. The van der Waals surface area contributed by atoms with Gasteiger partial charge in [0.15, 0.2) is 0 Å². The summed E-state index contributed by atoms with van der Waals surface area (Å²) in [7, 11) is 1.73. The molecule has 7 heteroatoms. The molecule has 1 saturated heterocycles. The van der Waals surface area contributed by atoms with Crippen LogP contribution in [0.25, 0.3) is 0 Å². The summed E-state index contributed by atoms with van der Waals surface area (Å²) >= 11 is 0. The van der Waals surface area contributed by atoms with Crippen LogP contribution in [0.4, 0.5) is 0 Å². The predicted molar refractivity (Wildman–Crippen MR) is 124 cm³/mol. The molecule has 0 aromatic heterocycles. The third kappa shape index (κ3) is 6.09. The van der Waals surface area contributed by atoms with Gasteiger partial charge in [-0.25, -0.2) is 0 Å². The quantitative estimate of drug-likeness (QED) is 0.555. The predicted octanol–water partition coefficient (Wildman–Crippen LogP) is 1.67. The van der Waals surface area contributed by atoms with Crippen LogP contribution in [0.1, 0.15) is 57.4 Å². The zero-order valence-electron chi connectivity index (χ0n) is 19.5. The first-order valence-electron chi connectivity index (χ1n) is 12.0. The first kappa shape index (κ1) is 24.7. The summed E-state index contributed by atoms with van der Waals surface area (Å²) in [5.74, 6) is -0.136. The SMILES string of the molecule is CC(=O)NC[C@@]1(c2ccccc2)CC[C@H](O)[C@H](O)[C@@H](N(C)C(=O)CCN2CCCCC2)C1. The van der Waals surface area contributed by atoms with E-state index in [9.17, 15) is 19.8 Å². The molecule has 1 heterocycles. The van der Waals surface area contributed by atoms with E-state index in [2.05, 4.69) is 10.2 Å². The first-order valence-corrected chi connectivity index (χ1v) is 12.0. The smallest absolute Gasteiger partial charge is 0.223 e. The fourth-order valence-electron chi connectivity index (χ4n) is 5.25. The van der Waals surface area contributed by atoms with Crippen LogP contribution in [0.15, 0.2) is 30.3 Å². The van der Waals surface area contributed by atoms with Crippen molar-refractivity contribution in [3.8, 4) is 0 Å². The number of hydrogen-bond donors (Lipinski definition) is 3. The summed E-state index contributed by atoms with van der Waals surface area (Å²) in [5, 5.41) is 24.6. The maximum atomic E-state index is 13.1. The number of carbonyl (C=O) groups excluding carboxylic acids is 2. The Morgan fingerprint density at radius 2 is 1.84 bits per heavy atom. The minimum Gasteiger partial charge on any atom is -0.390 e. The van der Waals surface area contributed by atoms with Crippen LogP contribution in [-0.2, 0) is 15.0 Å². The van der Waals surface area contributed by atoms with E-state index in [4.69, 9.17) is 0 Å². The number of nitrogens with zero attached hydrogens (tertiary/aromatic N) is 2.